The first kappa shape index (κ1) is 23.6. The molecule has 7 aromatic rings. The van der Waals surface area contributed by atoms with E-state index in [0.29, 0.717) is 5.56 Å². The number of para-hydroxylation sites is 1. The van der Waals surface area contributed by atoms with E-state index in [1.807, 2.05) is 60.8 Å². The van der Waals surface area contributed by atoms with Crippen molar-refractivity contribution < 1.29 is 0 Å². The minimum Gasteiger partial charge on any atom is -0.383 e. The van der Waals surface area contributed by atoms with Crippen LogP contribution in [0.15, 0.2) is 139 Å². The molecule has 3 N–H and O–H groups in total. The molecule has 0 fully saturated rings. The number of hydrogen-bond acceptors (Lipinski definition) is 2. The molecule has 0 saturated heterocycles. The van der Waals surface area contributed by atoms with E-state index in [-0.39, 0.29) is 11.7 Å². The van der Waals surface area contributed by atoms with Crippen molar-refractivity contribution in [3.8, 4) is 16.8 Å². The van der Waals surface area contributed by atoms with Crippen molar-refractivity contribution in [3.05, 3.63) is 145 Å². The number of amidine groups is 2. The van der Waals surface area contributed by atoms with Gasteiger partial charge in [-0.3, -0.25) is 10.4 Å². The molecule has 2 aromatic heterocycles. The lowest BCUT2D eigenvalue weighted by Gasteiger charge is -2.10. The van der Waals surface area contributed by atoms with Crippen LogP contribution in [0.1, 0.15) is 11.1 Å². The molecule has 0 aliphatic carbocycles. The van der Waals surface area contributed by atoms with Gasteiger partial charge in [0, 0.05) is 28.1 Å². The lowest BCUT2D eigenvalue weighted by molar-refractivity contribution is 1.13. The van der Waals surface area contributed by atoms with Gasteiger partial charge in [0.05, 0.1) is 22.9 Å². The summed E-state index contributed by atoms with van der Waals surface area (Å²) in [4.78, 5) is 8.97. The second-order valence-electron chi connectivity index (χ2n) is 9.76. The molecule has 0 atom stereocenters. The third-order valence-electron chi connectivity index (χ3n) is 7.32. The smallest absolute Gasteiger partial charge is 0.155 e. The number of pyridine rings is 1. The van der Waals surface area contributed by atoms with Gasteiger partial charge in [0.2, 0.25) is 0 Å². The standard InChI is InChI=1S/C35H25N5/c36-34(26-13-8-12-25(19-26)23-9-2-1-3-10-23)39-35(37)27-20-28(22-38-21-27)40-31-16-7-6-15-30(31)33-29-14-5-4-11-24(29)17-18-32(33)40/h1-22H,(H3,36,37,39). The number of fused-ring (bicyclic) bond motifs is 5. The maximum Gasteiger partial charge on any atom is 0.155 e. The van der Waals surface area contributed by atoms with Crippen molar-refractivity contribution in [3.63, 3.8) is 0 Å². The van der Waals surface area contributed by atoms with Crippen molar-refractivity contribution in [2.24, 2.45) is 10.7 Å². The highest BCUT2D eigenvalue weighted by Gasteiger charge is 2.15. The van der Waals surface area contributed by atoms with Gasteiger partial charge >= 0.3 is 0 Å². The summed E-state index contributed by atoms with van der Waals surface area (Å²) in [6, 6.07) is 41.2. The molecule has 0 amide bonds. The average molecular weight is 516 g/mol. The van der Waals surface area contributed by atoms with E-state index < -0.39 is 0 Å². The summed E-state index contributed by atoms with van der Waals surface area (Å²) in [5.41, 5.74) is 12.9. The summed E-state index contributed by atoms with van der Waals surface area (Å²) in [5, 5.41) is 13.6. The highest BCUT2D eigenvalue weighted by Crippen LogP contribution is 2.36. The quantitative estimate of drug-likeness (QED) is 0.186. The molecule has 5 aromatic carbocycles. The molecule has 0 saturated carbocycles. The van der Waals surface area contributed by atoms with Crippen LogP contribution in [0, 0.1) is 5.41 Å². The number of nitrogens with zero attached hydrogens (tertiary/aromatic N) is 3. The first-order valence-corrected chi connectivity index (χ1v) is 13.1. The number of rotatable bonds is 4. The zero-order valence-corrected chi connectivity index (χ0v) is 21.6. The first-order valence-electron chi connectivity index (χ1n) is 13.1. The van der Waals surface area contributed by atoms with Crippen LogP contribution >= 0.6 is 0 Å². The number of benzene rings is 5. The van der Waals surface area contributed by atoms with E-state index in [1.54, 1.807) is 6.20 Å². The normalized spacial score (nSPS) is 11.8. The number of nitrogens with one attached hydrogen (secondary N) is 1. The Morgan fingerprint density at radius 1 is 0.650 bits per heavy atom. The molecule has 5 nitrogen and oxygen atoms in total. The van der Waals surface area contributed by atoms with Gasteiger partial charge in [-0.25, -0.2) is 4.99 Å². The van der Waals surface area contributed by atoms with Crippen LogP contribution in [0.3, 0.4) is 0 Å². The van der Waals surface area contributed by atoms with Crippen molar-refractivity contribution in [2.75, 3.05) is 0 Å². The van der Waals surface area contributed by atoms with E-state index in [2.05, 4.69) is 81.3 Å². The first-order chi connectivity index (χ1) is 19.7. The lowest BCUT2D eigenvalue weighted by Crippen LogP contribution is -2.16. The molecule has 5 heteroatoms. The molecule has 40 heavy (non-hydrogen) atoms. The molecular formula is C35H25N5. The highest BCUT2D eigenvalue weighted by molar-refractivity contribution is 6.21. The highest BCUT2D eigenvalue weighted by atomic mass is 15.0. The third-order valence-corrected chi connectivity index (χ3v) is 7.32. The van der Waals surface area contributed by atoms with Crippen LogP contribution in [0.4, 0.5) is 0 Å². The fourth-order valence-corrected chi connectivity index (χ4v) is 5.44. The van der Waals surface area contributed by atoms with Gasteiger partial charge in [-0.2, -0.15) is 0 Å². The van der Waals surface area contributed by atoms with Crippen molar-refractivity contribution in [2.45, 2.75) is 0 Å². The molecule has 0 unspecified atom stereocenters. The van der Waals surface area contributed by atoms with Crippen LogP contribution in [-0.2, 0) is 0 Å². The maximum atomic E-state index is 8.77. The predicted octanol–water partition coefficient (Wildman–Crippen LogP) is 7.73. The second-order valence-corrected chi connectivity index (χ2v) is 9.76. The summed E-state index contributed by atoms with van der Waals surface area (Å²) >= 11 is 0. The van der Waals surface area contributed by atoms with E-state index in [9.17, 15) is 0 Å². The fourth-order valence-electron chi connectivity index (χ4n) is 5.44. The van der Waals surface area contributed by atoms with Crippen LogP contribution < -0.4 is 5.73 Å². The van der Waals surface area contributed by atoms with Gasteiger partial charge < -0.3 is 10.3 Å². The van der Waals surface area contributed by atoms with E-state index in [0.717, 1.165) is 33.4 Å². The topological polar surface area (TPSA) is 80.1 Å². The molecule has 190 valence electrons. The summed E-state index contributed by atoms with van der Waals surface area (Å²) in [6.07, 6.45) is 3.49. The molecule has 0 aliphatic rings. The Balaban J connectivity index is 1.30. The molecule has 0 aliphatic heterocycles. The predicted molar refractivity (Wildman–Crippen MR) is 166 cm³/mol. The van der Waals surface area contributed by atoms with Crippen molar-refractivity contribution in [1.29, 1.82) is 5.41 Å². The van der Waals surface area contributed by atoms with Crippen molar-refractivity contribution in [1.82, 2.24) is 9.55 Å². The van der Waals surface area contributed by atoms with E-state index in [4.69, 9.17) is 11.1 Å². The molecule has 0 spiro atoms. The van der Waals surface area contributed by atoms with Gasteiger partial charge in [0.25, 0.3) is 0 Å². The van der Waals surface area contributed by atoms with Gasteiger partial charge in [-0.15, -0.1) is 0 Å². The summed E-state index contributed by atoms with van der Waals surface area (Å²) < 4.78 is 2.21. The van der Waals surface area contributed by atoms with Crippen LogP contribution in [0.5, 0.6) is 0 Å². The summed E-state index contributed by atoms with van der Waals surface area (Å²) in [6.45, 7) is 0. The van der Waals surface area contributed by atoms with Gasteiger partial charge in [-0.1, -0.05) is 97.1 Å². The van der Waals surface area contributed by atoms with Crippen molar-refractivity contribution >= 4 is 44.2 Å². The largest absolute Gasteiger partial charge is 0.383 e. The number of aliphatic imine (C=N–C) groups is 1. The third kappa shape index (κ3) is 4.01. The maximum absolute atomic E-state index is 8.77. The molecule has 7 rings (SSSR count). The Hall–Kier alpha value is -5.55. The molecule has 0 radical (unpaired) electrons. The minimum atomic E-state index is 0.0585. The van der Waals surface area contributed by atoms with Gasteiger partial charge in [0.15, 0.2) is 5.84 Å². The Morgan fingerprint density at radius 2 is 1.40 bits per heavy atom. The zero-order valence-electron chi connectivity index (χ0n) is 21.6. The summed E-state index contributed by atoms with van der Waals surface area (Å²) in [5.74, 6) is 0.347. The monoisotopic (exact) mass is 515 g/mol. The number of nitrogens with two attached hydrogens (primary N) is 1. The molecule has 2 heterocycles. The zero-order chi connectivity index (χ0) is 27.1. The number of aromatic nitrogens is 2. The Morgan fingerprint density at radius 3 is 2.27 bits per heavy atom. The van der Waals surface area contributed by atoms with Crippen LogP contribution in [0.2, 0.25) is 0 Å². The second kappa shape index (κ2) is 9.64. The Labute approximate surface area is 231 Å². The number of hydrogen-bond donors (Lipinski definition) is 2. The average Bonchev–Trinajstić information content (AvgIpc) is 3.36. The van der Waals surface area contributed by atoms with E-state index in [1.165, 1.54) is 21.5 Å². The SMILES string of the molecule is N=C(N=C(N)c1cccc(-c2ccccc2)c1)c1cncc(-n2c3ccccc3c3c4ccccc4ccc32)c1. The van der Waals surface area contributed by atoms with Gasteiger partial charge in [0.1, 0.15) is 5.84 Å². The van der Waals surface area contributed by atoms with E-state index >= 15 is 0 Å². The Kier molecular flexibility index (Phi) is 5.68. The van der Waals surface area contributed by atoms with Crippen LogP contribution in [0.25, 0.3) is 49.4 Å². The van der Waals surface area contributed by atoms with Gasteiger partial charge in [-0.05, 0) is 46.2 Å². The lowest BCUT2D eigenvalue weighted by atomic mass is 10.0. The molecular weight excluding hydrogens is 490 g/mol. The summed E-state index contributed by atoms with van der Waals surface area (Å²) in [7, 11) is 0. The molecule has 0 bridgehead atoms. The minimum absolute atomic E-state index is 0.0585. The fraction of sp³-hybridized carbons (Fsp3) is 0. The Bertz CT molecular complexity index is 2090. The van der Waals surface area contributed by atoms with Crippen LogP contribution in [-0.4, -0.2) is 21.2 Å².